The number of aryl methyl sites for hydroxylation is 2. The summed E-state index contributed by atoms with van der Waals surface area (Å²) >= 11 is 3.42. The largest absolute Gasteiger partial charge is 0.481 e. The van der Waals surface area contributed by atoms with Crippen molar-refractivity contribution >= 4 is 21.9 Å². The molecule has 0 spiro atoms. The molecule has 0 bridgehead atoms. The number of aliphatic hydroxyl groups excluding tert-OH is 1. The average Bonchev–Trinajstić information content (AvgIpc) is 2.12. The smallest absolute Gasteiger partial charge is 0.306 e. The van der Waals surface area contributed by atoms with Gasteiger partial charge in [0.1, 0.15) is 0 Å². The van der Waals surface area contributed by atoms with Gasteiger partial charge in [0.2, 0.25) is 0 Å². The van der Waals surface area contributed by atoms with Crippen molar-refractivity contribution in [2.24, 2.45) is 0 Å². The molecular formula is C11H13BrO3. The predicted molar refractivity (Wildman–Crippen MR) is 60.8 cm³/mol. The van der Waals surface area contributed by atoms with Crippen LogP contribution in [-0.4, -0.2) is 16.2 Å². The van der Waals surface area contributed by atoms with E-state index in [1.54, 1.807) is 12.1 Å². The van der Waals surface area contributed by atoms with Crippen molar-refractivity contribution in [2.75, 3.05) is 0 Å². The van der Waals surface area contributed by atoms with Crippen LogP contribution >= 0.6 is 15.9 Å². The summed E-state index contributed by atoms with van der Waals surface area (Å²) in [6, 6.07) is 3.59. The first-order valence-electron chi connectivity index (χ1n) is 4.58. The molecule has 0 aliphatic carbocycles. The lowest BCUT2D eigenvalue weighted by Crippen LogP contribution is -2.06. The van der Waals surface area contributed by atoms with Crippen molar-refractivity contribution in [3.63, 3.8) is 0 Å². The van der Waals surface area contributed by atoms with Crippen molar-refractivity contribution in [3.05, 3.63) is 33.3 Å². The normalized spacial score (nSPS) is 12.5. The Morgan fingerprint density at radius 1 is 1.40 bits per heavy atom. The highest BCUT2D eigenvalue weighted by Gasteiger charge is 2.13. The van der Waals surface area contributed by atoms with Crippen LogP contribution in [0.4, 0.5) is 0 Å². The van der Waals surface area contributed by atoms with Gasteiger partial charge >= 0.3 is 5.97 Å². The van der Waals surface area contributed by atoms with E-state index in [0.717, 1.165) is 15.6 Å². The standard InChI is InChI=1S/C11H13BrO3/c1-6-3-8(4-7(2)11(6)12)9(13)5-10(14)15/h3-4,9,13H,5H2,1-2H3,(H,14,15). The average molecular weight is 273 g/mol. The Bertz CT molecular complexity index is 364. The van der Waals surface area contributed by atoms with Gasteiger partial charge in [-0.15, -0.1) is 0 Å². The minimum atomic E-state index is -0.999. The lowest BCUT2D eigenvalue weighted by atomic mass is 10.0. The van der Waals surface area contributed by atoms with Gasteiger partial charge in [-0.25, -0.2) is 0 Å². The van der Waals surface area contributed by atoms with Crippen LogP contribution in [0, 0.1) is 13.8 Å². The summed E-state index contributed by atoms with van der Waals surface area (Å²) in [5.41, 5.74) is 2.64. The minimum Gasteiger partial charge on any atom is -0.481 e. The zero-order valence-electron chi connectivity index (χ0n) is 8.62. The molecular weight excluding hydrogens is 260 g/mol. The number of benzene rings is 1. The van der Waals surface area contributed by atoms with Crippen LogP contribution in [0.5, 0.6) is 0 Å². The summed E-state index contributed by atoms with van der Waals surface area (Å²) in [6.07, 6.45) is -1.20. The quantitative estimate of drug-likeness (QED) is 0.889. The molecule has 0 aliphatic rings. The number of aliphatic hydroxyl groups is 1. The van der Waals surface area contributed by atoms with Gasteiger partial charge in [0.05, 0.1) is 12.5 Å². The molecule has 1 unspecified atom stereocenters. The molecule has 0 saturated carbocycles. The molecule has 3 nitrogen and oxygen atoms in total. The fourth-order valence-electron chi connectivity index (χ4n) is 1.46. The van der Waals surface area contributed by atoms with Crippen molar-refractivity contribution in [3.8, 4) is 0 Å². The van der Waals surface area contributed by atoms with E-state index in [1.807, 2.05) is 13.8 Å². The van der Waals surface area contributed by atoms with Crippen LogP contribution in [0.1, 0.15) is 29.2 Å². The molecule has 1 rings (SSSR count). The number of rotatable bonds is 3. The van der Waals surface area contributed by atoms with Crippen molar-refractivity contribution in [1.82, 2.24) is 0 Å². The van der Waals surface area contributed by atoms with Crippen LogP contribution in [0.15, 0.2) is 16.6 Å². The summed E-state index contributed by atoms with van der Waals surface area (Å²) in [4.78, 5) is 10.5. The van der Waals surface area contributed by atoms with Crippen LogP contribution in [0.2, 0.25) is 0 Å². The lowest BCUT2D eigenvalue weighted by Gasteiger charge is -2.12. The second-order valence-corrected chi connectivity index (χ2v) is 4.38. The Morgan fingerprint density at radius 2 is 1.87 bits per heavy atom. The second-order valence-electron chi connectivity index (χ2n) is 3.58. The fraction of sp³-hybridized carbons (Fsp3) is 0.364. The van der Waals surface area contributed by atoms with Crippen LogP contribution in [0.25, 0.3) is 0 Å². The summed E-state index contributed by atoms with van der Waals surface area (Å²) in [5, 5.41) is 18.2. The Morgan fingerprint density at radius 3 is 2.27 bits per heavy atom. The second kappa shape index (κ2) is 4.77. The molecule has 1 aromatic carbocycles. The van der Waals surface area contributed by atoms with E-state index in [2.05, 4.69) is 15.9 Å². The van der Waals surface area contributed by atoms with E-state index in [9.17, 15) is 9.90 Å². The summed E-state index contributed by atoms with van der Waals surface area (Å²) in [5.74, 6) is -0.999. The van der Waals surface area contributed by atoms with Crippen LogP contribution in [0.3, 0.4) is 0 Å². The highest BCUT2D eigenvalue weighted by molar-refractivity contribution is 9.10. The summed E-state index contributed by atoms with van der Waals surface area (Å²) in [7, 11) is 0. The topological polar surface area (TPSA) is 57.5 Å². The molecule has 0 fully saturated rings. The molecule has 1 aromatic rings. The number of carboxylic acids is 1. The van der Waals surface area contributed by atoms with E-state index < -0.39 is 12.1 Å². The van der Waals surface area contributed by atoms with Crippen LogP contribution < -0.4 is 0 Å². The monoisotopic (exact) mass is 272 g/mol. The van der Waals surface area contributed by atoms with Gasteiger partial charge in [-0.2, -0.15) is 0 Å². The van der Waals surface area contributed by atoms with Gasteiger partial charge in [0.15, 0.2) is 0 Å². The predicted octanol–water partition coefficient (Wildman–Crippen LogP) is 2.57. The SMILES string of the molecule is Cc1cc(C(O)CC(=O)O)cc(C)c1Br. The maximum absolute atomic E-state index is 10.5. The molecule has 0 aromatic heterocycles. The molecule has 1 atom stereocenters. The lowest BCUT2D eigenvalue weighted by molar-refractivity contribution is -0.139. The third-order valence-electron chi connectivity index (χ3n) is 2.21. The molecule has 0 saturated heterocycles. The number of hydrogen-bond acceptors (Lipinski definition) is 2. The summed E-state index contributed by atoms with van der Waals surface area (Å²) in [6.45, 7) is 3.82. The van der Waals surface area contributed by atoms with Gasteiger partial charge in [-0.05, 0) is 30.5 Å². The maximum Gasteiger partial charge on any atom is 0.306 e. The van der Waals surface area contributed by atoms with Crippen LogP contribution in [-0.2, 0) is 4.79 Å². The number of aliphatic carboxylic acids is 1. The van der Waals surface area contributed by atoms with Gasteiger partial charge in [-0.3, -0.25) is 4.79 Å². The summed E-state index contributed by atoms with van der Waals surface area (Å²) < 4.78 is 0.994. The fourth-order valence-corrected chi connectivity index (χ4v) is 1.68. The maximum atomic E-state index is 10.5. The van der Waals surface area contributed by atoms with Gasteiger partial charge in [0, 0.05) is 4.47 Å². The minimum absolute atomic E-state index is 0.263. The first-order valence-corrected chi connectivity index (χ1v) is 5.37. The van der Waals surface area contributed by atoms with E-state index in [0.29, 0.717) is 5.56 Å². The van der Waals surface area contributed by atoms with E-state index in [-0.39, 0.29) is 6.42 Å². The number of hydrogen-bond donors (Lipinski definition) is 2. The van der Waals surface area contributed by atoms with E-state index in [1.165, 1.54) is 0 Å². The molecule has 0 amide bonds. The van der Waals surface area contributed by atoms with E-state index >= 15 is 0 Å². The Labute approximate surface area is 96.9 Å². The molecule has 82 valence electrons. The number of halogens is 1. The highest BCUT2D eigenvalue weighted by Crippen LogP contribution is 2.26. The third kappa shape index (κ3) is 3.04. The van der Waals surface area contributed by atoms with Gasteiger partial charge in [-0.1, -0.05) is 28.1 Å². The molecule has 2 N–H and O–H groups in total. The molecule has 0 aliphatic heterocycles. The first-order chi connectivity index (χ1) is 6.91. The molecule has 0 heterocycles. The first kappa shape index (κ1) is 12.2. The number of carboxylic acid groups (broad SMARTS) is 1. The van der Waals surface area contributed by atoms with Crippen molar-refractivity contribution < 1.29 is 15.0 Å². The van der Waals surface area contributed by atoms with Crippen molar-refractivity contribution in [2.45, 2.75) is 26.4 Å². The van der Waals surface area contributed by atoms with Crippen molar-refractivity contribution in [1.29, 1.82) is 0 Å². The Balaban J connectivity index is 3.00. The highest BCUT2D eigenvalue weighted by atomic mass is 79.9. The Kier molecular flexibility index (Phi) is 3.88. The molecule has 4 heteroatoms. The zero-order chi connectivity index (χ0) is 11.6. The van der Waals surface area contributed by atoms with Gasteiger partial charge in [0.25, 0.3) is 0 Å². The number of carbonyl (C=O) groups is 1. The third-order valence-corrected chi connectivity index (χ3v) is 3.46. The Hall–Kier alpha value is -0.870. The zero-order valence-corrected chi connectivity index (χ0v) is 10.2. The van der Waals surface area contributed by atoms with Gasteiger partial charge < -0.3 is 10.2 Å². The molecule has 15 heavy (non-hydrogen) atoms. The molecule has 0 radical (unpaired) electrons. The van der Waals surface area contributed by atoms with E-state index in [4.69, 9.17) is 5.11 Å².